The summed E-state index contributed by atoms with van der Waals surface area (Å²) in [6, 6.07) is 3.87. The summed E-state index contributed by atoms with van der Waals surface area (Å²) in [6.45, 7) is 2.77. The van der Waals surface area contributed by atoms with Crippen LogP contribution < -0.4 is 5.73 Å². The van der Waals surface area contributed by atoms with Crippen molar-refractivity contribution in [1.29, 1.82) is 0 Å². The highest BCUT2D eigenvalue weighted by molar-refractivity contribution is 5.23. The zero-order valence-electron chi connectivity index (χ0n) is 10.8. The highest BCUT2D eigenvalue weighted by atomic mass is 19.1. The van der Waals surface area contributed by atoms with Crippen LogP contribution >= 0.6 is 0 Å². The van der Waals surface area contributed by atoms with E-state index < -0.39 is 11.6 Å². The molecule has 2 rings (SSSR count). The highest BCUT2D eigenvalue weighted by Gasteiger charge is 2.30. The van der Waals surface area contributed by atoms with E-state index in [1.54, 1.807) is 0 Å². The first-order valence-electron chi connectivity index (χ1n) is 6.80. The van der Waals surface area contributed by atoms with Gasteiger partial charge in [0.15, 0.2) is 0 Å². The van der Waals surface area contributed by atoms with Gasteiger partial charge in [0.05, 0.1) is 0 Å². The third-order valence-electron chi connectivity index (χ3n) is 4.30. The minimum atomic E-state index is -0.487. The smallest absolute Gasteiger partial charge is 0.126 e. The van der Waals surface area contributed by atoms with Gasteiger partial charge in [-0.05, 0) is 54.8 Å². The van der Waals surface area contributed by atoms with Crippen LogP contribution in [0, 0.1) is 23.5 Å². The van der Waals surface area contributed by atoms with Crippen molar-refractivity contribution in [3.8, 4) is 0 Å². The Morgan fingerprint density at radius 1 is 1.17 bits per heavy atom. The molecule has 0 amide bonds. The maximum Gasteiger partial charge on any atom is 0.126 e. The molecule has 1 aromatic rings. The first-order valence-corrected chi connectivity index (χ1v) is 6.80. The monoisotopic (exact) mass is 253 g/mol. The summed E-state index contributed by atoms with van der Waals surface area (Å²) in [5.74, 6) is 0.246. The predicted octanol–water partition coefficient (Wildman–Crippen LogP) is 3.83. The molecular formula is C15H21F2N. The van der Waals surface area contributed by atoms with E-state index >= 15 is 0 Å². The average molecular weight is 253 g/mol. The lowest BCUT2D eigenvalue weighted by atomic mass is 9.70. The van der Waals surface area contributed by atoms with Crippen LogP contribution in [-0.2, 0) is 0 Å². The van der Waals surface area contributed by atoms with Crippen LogP contribution in [0.4, 0.5) is 8.78 Å². The molecular weight excluding hydrogens is 232 g/mol. The molecule has 2 N–H and O–H groups in total. The molecule has 0 bridgehead atoms. The van der Waals surface area contributed by atoms with Crippen molar-refractivity contribution >= 4 is 0 Å². The Morgan fingerprint density at radius 3 is 2.39 bits per heavy atom. The Hall–Kier alpha value is -0.960. The van der Waals surface area contributed by atoms with Gasteiger partial charge in [-0.2, -0.15) is 0 Å². The third kappa shape index (κ3) is 2.89. The quantitative estimate of drug-likeness (QED) is 0.870. The van der Waals surface area contributed by atoms with Crippen LogP contribution in [0.15, 0.2) is 18.2 Å². The van der Waals surface area contributed by atoms with Crippen molar-refractivity contribution < 1.29 is 8.78 Å². The fourth-order valence-corrected chi connectivity index (χ4v) is 3.17. The fourth-order valence-electron chi connectivity index (χ4n) is 3.17. The Kier molecular flexibility index (Phi) is 4.33. The molecule has 0 aromatic heterocycles. The van der Waals surface area contributed by atoms with E-state index in [1.807, 2.05) is 0 Å². The third-order valence-corrected chi connectivity index (χ3v) is 4.30. The number of nitrogens with two attached hydrogens (primary N) is 1. The Bertz CT molecular complexity index is 385. The molecule has 1 nitrogen and oxygen atoms in total. The maximum atomic E-state index is 13.3. The van der Waals surface area contributed by atoms with Gasteiger partial charge >= 0.3 is 0 Å². The molecule has 1 aliphatic rings. The number of rotatable bonds is 3. The van der Waals surface area contributed by atoms with Gasteiger partial charge in [-0.1, -0.05) is 19.8 Å². The van der Waals surface area contributed by atoms with Gasteiger partial charge in [-0.25, -0.2) is 8.78 Å². The van der Waals surface area contributed by atoms with Crippen molar-refractivity contribution in [2.24, 2.45) is 17.6 Å². The molecule has 0 heterocycles. The normalized spacial score (nSPS) is 28.3. The van der Waals surface area contributed by atoms with Gasteiger partial charge in [-0.3, -0.25) is 0 Å². The van der Waals surface area contributed by atoms with Crippen LogP contribution in [0.25, 0.3) is 0 Å². The molecule has 1 aliphatic carbocycles. The zero-order chi connectivity index (χ0) is 13.1. The van der Waals surface area contributed by atoms with E-state index in [1.165, 1.54) is 18.6 Å². The highest BCUT2D eigenvalue weighted by Crippen LogP contribution is 2.41. The number of benzene rings is 1. The number of hydrogen-bond acceptors (Lipinski definition) is 1. The first kappa shape index (κ1) is 13.5. The largest absolute Gasteiger partial charge is 0.330 e. The summed E-state index contributed by atoms with van der Waals surface area (Å²) in [5.41, 5.74) is 6.59. The minimum Gasteiger partial charge on any atom is -0.330 e. The molecule has 1 fully saturated rings. The topological polar surface area (TPSA) is 26.0 Å². The van der Waals surface area contributed by atoms with Crippen molar-refractivity contribution in [3.05, 3.63) is 35.4 Å². The van der Waals surface area contributed by atoms with Gasteiger partial charge in [-0.15, -0.1) is 0 Å². The first-order chi connectivity index (χ1) is 8.63. The molecule has 1 aromatic carbocycles. The van der Waals surface area contributed by atoms with Crippen molar-refractivity contribution in [2.45, 2.75) is 38.5 Å². The van der Waals surface area contributed by atoms with E-state index in [2.05, 4.69) is 6.92 Å². The number of halogens is 2. The van der Waals surface area contributed by atoms with Crippen molar-refractivity contribution in [2.75, 3.05) is 6.54 Å². The van der Waals surface area contributed by atoms with Crippen LogP contribution in [0.2, 0.25) is 0 Å². The van der Waals surface area contributed by atoms with Crippen LogP contribution in [0.1, 0.15) is 44.1 Å². The average Bonchev–Trinajstić information content (AvgIpc) is 2.36. The summed E-state index contributed by atoms with van der Waals surface area (Å²) < 4.78 is 26.6. The fraction of sp³-hybridized carbons (Fsp3) is 0.600. The van der Waals surface area contributed by atoms with Gasteiger partial charge in [0.25, 0.3) is 0 Å². The second kappa shape index (κ2) is 5.79. The molecule has 0 saturated heterocycles. The summed E-state index contributed by atoms with van der Waals surface area (Å²) in [6.07, 6.45) is 4.39. The molecule has 0 radical (unpaired) electrons. The van der Waals surface area contributed by atoms with Gasteiger partial charge in [0, 0.05) is 6.07 Å². The molecule has 3 unspecified atom stereocenters. The van der Waals surface area contributed by atoms with Gasteiger partial charge in [0.1, 0.15) is 11.6 Å². The van der Waals surface area contributed by atoms with E-state index in [0.29, 0.717) is 18.4 Å². The molecule has 0 spiro atoms. The Labute approximate surface area is 107 Å². The van der Waals surface area contributed by atoms with Crippen LogP contribution in [0.5, 0.6) is 0 Å². The lowest BCUT2D eigenvalue weighted by Gasteiger charge is -2.35. The summed E-state index contributed by atoms with van der Waals surface area (Å²) in [7, 11) is 0. The molecule has 100 valence electrons. The van der Waals surface area contributed by atoms with Crippen molar-refractivity contribution in [1.82, 2.24) is 0 Å². The molecule has 0 aliphatic heterocycles. The van der Waals surface area contributed by atoms with E-state index in [4.69, 9.17) is 5.73 Å². The Morgan fingerprint density at radius 2 is 1.83 bits per heavy atom. The summed E-state index contributed by atoms with van der Waals surface area (Å²) >= 11 is 0. The standard InChI is InChI=1S/C15H21F2N/c1-2-10-3-4-11(9-18)15(5-10)12-6-13(16)8-14(17)7-12/h6-8,10-11,15H,2-5,9,18H2,1H3. The summed E-state index contributed by atoms with van der Waals surface area (Å²) in [4.78, 5) is 0. The summed E-state index contributed by atoms with van der Waals surface area (Å²) in [5, 5.41) is 0. The predicted molar refractivity (Wildman–Crippen MR) is 69.3 cm³/mol. The molecule has 1 saturated carbocycles. The lowest BCUT2D eigenvalue weighted by Crippen LogP contribution is -2.29. The minimum absolute atomic E-state index is 0.207. The van der Waals surface area contributed by atoms with Gasteiger partial charge < -0.3 is 5.73 Å². The van der Waals surface area contributed by atoms with E-state index in [-0.39, 0.29) is 5.92 Å². The lowest BCUT2D eigenvalue weighted by molar-refractivity contribution is 0.235. The Balaban J connectivity index is 2.26. The van der Waals surface area contributed by atoms with Crippen molar-refractivity contribution in [3.63, 3.8) is 0 Å². The van der Waals surface area contributed by atoms with E-state index in [0.717, 1.165) is 30.9 Å². The van der Waals surface area contributed by atoms with Crippen LogP contribution in [-0.4, -0.2) is 6.54 Å². The molecule has 3 atom stereocenters. The van der Waals surface area contributed by atoms with Crippen LogP contribution in [0.3, 0.4) is 0 Å². The SMILES string of the molecule is CCC1CCC(CN)C(c2cc(F)cc(F)c2)C1. The number of hydrogen-bond donors (Lipinski definition) is 1. The molecule has 3 heteroatoms. The second-order valence-electron chi connectivity index (χ2n) is 5.39. The second-order valence-corrected chi connectivity index (χ2v) is 5.39. The van der Waals surface area contributed by atoms with Gasteiger partial charge in [0.2, 0.25) is 0 Å². The maximum absolute atomic E-state index is 13.3. The molecule has 18 heavy (non-hydrogen) atoms. The zero-order valence-corrected chi connectivity index (χ0v) is 10.8. The van der Waals surface area contributed by atoms with E-state index in [9.17, 15) is 8.78 Å².